The lowest BCUT2D eigenvalue weighted by Crippen LogP contribution is -2.16. The highest BCUT2D eigenvalue weighted by atomic mass is 35.5. The van der Waals surface area contributed by atoms with Gasteiger partial charge in [0.15, 0.2) is 0 Å². The van der Waals surface area contributed by atoms with Crippen molar-refractivity contribution in [3.8, 4) is 11.5 Å². The Morgan fingerprint density at radius 3 is 2.59 bits per heavy atom. The zero-order chi connectivity index (χ0) is 19.4. The van der Waals surface area contributed by atoms with Gasteiger partial charge < -0.3 is 15.5 Å². The van der Waals surface area contributed by atoms with E-state index in [1.807, 2.05) is 0 Å². The second kappa shape index (κ2) is 8.24. The Hall–Kier alpha value is -2.84. The first-order valence-corrected chi connectivity index (χ1v) is 9.21. The highest BCUT2D eigenvalue weighted by Crippen LogP contribution is 2.24. The van der Waals surface area contributed by atoms with Gasteiger partial charge in [-0.15, -0.1) is 10.2 Å². The Morgan fingerprint density at radius 2 is 1.93 bits per heavy atom. The number of halogens is 1. The second-order valence-corrected chi connectivity index (χ2v) is 6.97. The highest BCUT2D eigenvalue weighted by Gasteiger charge is 2.12. The molecule has 3 rings (SSSR count). The maximum Gasteiger partial charge on any atom is 0.277 e. The molecule has 0 aliphatic carbocycles. The smallest absolute Gasteiger partial charge is 0.277 e. The number of aromatic nitrogens is 2. The number of thioether (sulfide) groups is 1. The van der Waals surface area contributed by atoms with Gasteiger partial charge in [0.2, 0.25) is 17.7 Å². The summed E-state index contributed by atoms with van der Waals surface area (Å²) in [6.45, 7) is 1.75. The van der Waals surface area contributed by atoms with Gasteiger partial charge in [0.05, 0.1) is 5.75 Å². The Labute approximate surface area is 164 Å². The third kappa shape index (κ3) is 4.87. The molecule has 2 aromatic carbocycles. The molecule has 27 heavy (non-hydrogen) atoms. The third-order valence-corrected chi connectivity index (χ3v) is 4.67. The molecule has 9 heteroatoms. The minimum Gasteiger partial charge on any atom is -0.411 e. The van der Waals surface area contributed by atoms with E-state index in [4.69, 9.17) is 21.8 Å². The van der Waals surface area contributed by atoms with E-state index in [0.717, 1.165) is 17.3 Å². The van der Waals surface area contributed by atoms with Crippen molar-refractivity contribution in [3.63, 3.8) is 0 Å². The number of hydrogen-bond acceptors (Lipinski definition) is 6. The van der Waals surface area contributed by atoms with Crippen LogP contribution in [0.4, 0.5) is 5.69 Å². The molecule has 7 nitrogen and oxygen atoms in total. The summed E-state index contributed by atoms with van der Waals surface area (Å²) in [5.41, 5.74) is 7.70. The van der Waals surface area contributed by atoms with E-state index in [9.17, 15) is 9.59 Å². The van der Waals surface area contributed by atoms with Crippen LogP contribution in [0.25, 0.3) is 11.5 Å². The van der Waals surface area contributed by atoms with Gasteiger partial charge in [0, 0.05) is 21.8 Å². The van der Waals surface area contributed by atoms with Gasteiger partial charge in [-0.3, -0.25) is 9.59 Å². The van der Waals surface area contributed by atoms with Crippen LogP contribution in [-0.2, 0) is 4.79 Å². The van der Waals surface area contributed by atoms with Gasteiger partial charge >= 0.3 is 0 Å². The summed E-state index contributed by atoms with van der Waals surface area (Å²) in [7, 11) is 0. The maximum atomic E-state index is 12.1. The highest BCUT2D eigenvalue weighted by molar-refractivity contribution is 7.99. The zero-order valence-electron chi connectivity index (χ0n) is 14.2. The minimum atomic E-state index is -0.506. The molecule has 1 heterocycles. The van der Waals surface area contributed by atoms with Gasteiger partial charge in [-0.1, -0.05) is 23.4 Å². The van der Waals surface area contributed by atoms with Gasteiger partial charge in [-0.2, -0.15) is 0 Å². The lowest BCUT2D eigenvalue weighted by molar-refractivity contribution is -0.113. The SMILES string of the molecule is Cc1cc(NC(=O)CSc2nnc(-c3ccc(Cl)cc3)o2)ccc1C(N)=O. The van der Waals surface area contributed by atoms with E-state index in [0.29, 0.717) is 27.7 Å². The topological polar surface area (TPSA) is 111 Å². The number of aryl methyl sites for hydroxylation is 1. The van der Waals surface area contributed by atoms with Gasteiger partial charge in [-0.05, 0) is 55.0 Å². The average Bonchev–Trinajstić information content (AvgIpc) is 3.09. The molecule has 0 atom stereocenters. The van der Waals surface area contributed by atoms with Crippen molar-refractivity contribution in [1.29, 1.82) is 0 Å². The number of primary amides is 1. The molecule has 0 spiro atoms. The molecule has 0 radical (unpaired) electrons. The number of hydrogen-bond donors (Lipinski definition) is 2. The summed E-state index contributed by atoms with van der Waals surface area (Å²) in [5, 5.41) is 11.5. The quantitative estimate of drug-likeness (QED) is 0.610. The van der Waals surface area contributed by atoms with Crippen LogP contribution in [0.15, 0.2) is 52.1 Å². The van der Waals surface area contributed by atoms with Crippen LogP contribution in [0.5, 0.6) is 0 Å². The fourth-order valence-electron chi connectivity index (χ4n) is 2.32. The number of nitrogens with one attached hydrogen (secondary N) is 1. The molecule has 2 amide bonds. The third-order valence-electron chi connectivity index (χ3n) is 3.60. The molecule has 3 N–H and O–H groups in total. The molecule has 0 unspecified atom stereocenters. The number of amides is 2. The first-order valence-electron chi connectivity index (χ1n) is 7.85. The first-order chi connectivity index (χ1) is 12.9. The summed E-state index contributed by atoms with van der Waals surface area (Å²) in [4.78, 5) is 23.3. The Kier molecular flexibility index (Phi) is 5.78. The molecule has 0 bridgehead atoms. The molecule has 0 aliphatic rings. The maximum absolute atomic E-state index is 12.1. The van der Waals surface area contributed by atoms with Crippen molar-refractivity contribution >= 4 is 40.9 Å². The Bertz CT molecular complexity index is 989. The number of nitrogens with zero attached hydrogens (tertiary/aromatic N) is 2. The molecule has 138 valence electrons. The summed E-state index contributed by atoms with van der Waals surface area (Å²) >= 11 is 6.98. The van der Waals surface area contributed by atoms with Gasteiger partial charge in [0.1, 0.15) is 0 Å². The number of anilines is 1. The fourth-order valence-corrected chi connectivity index (χ4v) is 3.01. The van der Waals surface area contributed by atoms with E-state index >= 15 is 0 Å². The summed E-state index contributed by atoms with van der Waals surface area (Å²) in [6, 6.07) is 11.9. The lowest BCUT2D eigenvalue weighted by atomic mass is 10.1. The molecule has 1 aromatic heterocycles. The van der Waals surface area contributed by atoms with E-state index in [-0.39, 0.29) is 16.9 Å². The number of rotatable bonds is 6. The summed E-state index contributed by atoms with van der Waals surface area (Å²) in [5.74, 6) is -0.294. The van der Waals surface area contributed by atoms with Crippen LogP contribution in [0.3, 0.4) is 0 Å². The fraction of sp³-hybridized carbons (Fsp3) is 0.111. The molecule has 3 aromatic rings. The van der Waals surface area contributed by atoms with E-state index in [2.05, 4.69) is 15.5 Å². The summed E-state index contributed by atoms with van der Waals surface area (Å²) in [6.07, 6.45) is 0. The van der Waals surface area contributed by atoms with Gasteiger partial charge in [0.25, 0.3) is 5.22 Å². The van der Waals surface area contributed by atoms with Crippen LogP contribution < -0.4 is 11.1 Å². The van der Waals surface area contributed by atoms with Crippen molar-refractivity contribution in [3.05, 3.63) is 58.6 Å². The van der Waals surface area contributed by atoms with Crippen molar-refractivity contribution in [2.75, 3.05) is 11.1 Å². The number of nitrogens with two attached hydrogens (primary N) is 1. The molecular weight excluding hydrogens is 388 g/mol. The van der Waals surface area contributed by atoms with Crippen molar-refractivity contribution in [1.82, 2.24) is 10.2 Å². The zero-order valence-corrected chi connectivity index (χ0v) is 15.8. The Morgan fingerprint density at radius 1 is 1.19 bits per heavy atom. The standard InChI is InChI=1S/C18H15ClN4O3S/c1-10-8-13(6-7-14(10)16(20)25)21-15(24)9-27-18-23-22-17(26-18)11-2-4-12(19)5-3-11/h2-8H,9H2,1H3,(H2,20,25)(H,21,24). The molecule has 0 saturated carbocycles. The largest absolute Gasteiger partial charge is 0.411 e. The van der Waals surface area contributed by atoms with E-state index in [1.54, 1.807) is 49.4 Å². The van der Waals surface area contributed by atoms with Crippen molar-refractivity contribution in [2.24, 2.45) is 5.73 Å². The molecular formula is C18H15ClN4O3S. The van der Waals surface area contributed by atoms with Crippen molar-refractivity contribution in [2.45, 2.75) is 12.1 Å². The average molecular weight is 403 g/mol. The first kappa shape index (κ1) is 18.9. The van der Waals surface area contributed by atoms with Crippen LogP contribution >= 0.6 is 23.4 Å². The number of carbonyl (C=O) groups is 2. The van der Waals surface area contributed by atoms with Crippen molar-refractivity contribution < 1.29 is 14.0 Å². The number of carbonyl (C=O) groups excluding carboxylic acids is 2. The second-order valence-electron chi connectivity index (χ2n) is 5.61. The molecule has 0 aliphatic heterocycles. The van der Waals surface area contributed by atoms with Gasteiger partial charge in [-0.25, -0.2) is 0 Å². The Balaban J connectivity index is 1.57. The monoisotopic (exact) mass is 402 g/mol. The molecule has 0 fully saturated rings. The lowest BCUT2D eigenvalue weighted by Gasteiger charge is -2.07. The predicted molar refractivity (Wildman–Crippen MR) is 104 cm³/mol. The van der Waals surface area contributed by atoms with Crippen LogP contribution in [0, 0.1) is 6.92 Å². The molecule has 0 saturated heterocycles. The van der Waals surface area contributed by atoms with E-state index in [1.165, 1.54) is 0 Å². The number of benzene rings is 2. The van der Waals surface area contributed by atoms with Crippen LogP contribution in [0.1, 0.15) is 15.9 Å². The van der Waals surface area contributed by atoms with Crippen LogP contribution in [0.2, 0.25) is 5.02 Å². The normalized spacial score (nSPS) is 10.6. The predicted octanol–water partition coefficient (Wildman–Crippen LogP) is 3.53. The minimum absolute atomic E-state index is 0.0961. The van der Waals surface area contributed by atoms with E-state index < -0.39 is 5.91 Å². The van der Waals surface area contributed by atoms with Crippen LogP contribution in [-0.4, -0.2) is 27.8 Å². The summed E-state index contributed by atoms with van der Waals surface area (Å²) < 4.78 is 5.54.